The molecule has 1 N–H and O–H groups in total. The third-order valence-electron chi connectivity index (χ3n) is 3.85. The summed E-state index contributed by atoms with van der Waals surface area (Å²) in [6.07, 6.45) is 2.69. The first kappa shape index (κ1) is 17.3. The second kappa shape index (κ2) is 7.04. The van der Waals surface area contributed by atoms with Gasteiger partial charge in [0.15, 0.2) is 9.84 Å². The predicted molar refractivity (Wildman–Crippen MR) is 78.9 cm³/mol. The van der Waals surface area contributed by atoms with Gasteiger partial charge < -0.3 is 5.32 Å². The third-order valence-corrected chi connectivity index (χ3v) is 6.00. The SMILES string of the molecule is N#C[C@@H](NC(=O)CS(=O)(=O)C1CCCC1)c1ccc(F)cc1F. The van der Waals surface area contributed by atoms with Gasteiger partial charge in [-0.05, 0) is 18.9 Å². The van der Waals surface area contributed by atoms with Crippen molar-refractivity contribution in [3.05, 3.63) is 35.4 Å². The second-order valence-corrected chi connectivity index (χ2v) is 7.79. The highest BCUT2D eigenvalue weighted by molar-refractivity contribution is 7.92. The van der Waals surface area contributed by atoms with E-state index in [2.05, 4.69) is 5.32 Å². The van der Waals surface area contributed by atoms with Gasteiger partial charge in [0.1, 0.15) is 23.4 Å². The smallest absolute Gasteiger partial charge is 0.236 e. The Morgan fingerprint density at radius 3 is 2.57 bits per heavy atom. The molecule has 124 valence electrons. The van der Waals surface area contributed by atoms with Gasteiger partial charge >= 0.3 is 0 Å². The van der Waals surface area contributed by atoms with Crippen LogP contribution in [0.1, 0.15) is 37.3 Å². The lowest BCUT2D eigenvalue weighted by Gasteiger charge is -2.15. The van der Waals surface area contributed by atoms with Crippen LogP contribution in [0.15, 0.2) is 18.2 Å². The molecule has 5 nitrogen and oxygen atoms in total. The van der Waals surface area contributed by atoms with Gasteiger partial charge in [0, 0.05) is 11.6 Å². The number of nitrogens with one attached hydrogen (secondary N) is 1. The van der Waals surface area contributed by atoms with E-state index in [-0.39, 0.29) is 5.56 Å². The van der Waals surface area contributed by atoms with E-state index in [9.17, 15) is 22.0 Å². The van der Waals surface area contributed by atoms with Crippen molar-refractivity contribution in [2.75, 3.05) is 5.75 Å². The molecule has 1 saturated carbocycles. The van der Waals surface area contributed by atoms with Gasteiger partial charge in [-0.15, -0.1) is 0 Å². The zero-order valence-electron chi connectivity index (χ0n) is 12.3. The van der Waals surface area contributed by atoms with Crippen LogP contribution >= 0.6 is 0 Å². The fourth-order valence-electron chi connectivity index (χ4n) is 2.67. The van der Waals surface area contributed by atoms with Crippen molar-refractivity contribution in [2.24, 2.45) is 0 Å². The van der Waals surface area contributed by atoms with Crippen LogP contribution in [0.3, 0.4) is 0 Å². The van der Waals surface area contributed by atoms with Crippen molar-refractivity contribution < 1.29 is 22.0 Å². The first-order chi connectivity index (χ1) is 10.8. The molecule has 23 heavy (non-hydrogen) atoms. The molecule has 2 rings (SSSR count). The number of rotatable bonds is 5. The Balaban J connectivity index is 2.07. The molecule has 1 atom stereocenters. The highest BCUT2D eigenvalue weighted by Gasteiger charge is 2.31. The summed E-state index contributed by atoms with van der Waals surface area (Å²) in [6.45, 7) is 0. The maximum absolute atomic E-state index is 13.7. The monoisotopic (exact) mass is 342 g/mol. The number of hydrogen-bond acceptors (Lipinski definition) is 4. The van der Waals surface area contributed by atoms with Crippen LogP contribution in [0.2, 0.25) is 0 Å². The Morgan fingerprint density at radius 2 is 2.00 bits per heavy atom. The van der Waals surface area contributed by atoms with Crippen molar-refractivity contribution in [1.82, 2.24) is 5.32 Å². The molecule has 0 bridgehead atoms. The molecule has 1 fully saturated rings. The van der Waals surface area contributed by atoms with Crippen LogP contribution in [0.5, 0.6) is 0 Å². The molecule has 0 unspecified atom stereocenters. The minimum absolute atomic E-state index is 0.208. The zero-order chi connectivity index (χ0) is 17.0. The van der Waals surface area contributed by atoms with E-state index in [1.165, 1.54) is 0 Å². The molecule has 1 aromatic rings. The molecular formula is C15H16F2N2O3S. The van der Waals surface area contributed by atoms with Crippen LogP contribution in [-0.2, 0) is 14.6 Å². The minimum Gasteiger partial charge on any atom is -0.336 e. The molecule has 8 heteroatoms. The first-order valence-electron chi connectivity index (χ1n) is 7.19. The molecular weight excluding hydrogens is 326 g/mol. The Kier molecular flexibility index (Phi) is 5.31. The molecule has 1 aliphatic carbocycles. The third kappa shape index (κ3) is 4.26. The standard InChI is InChI=1S/C15H16F2N2O3S/c16-10-5-6-12(13(17)7-10)14(8-18)19-15(20)9-23(21,22)11-3-1-2-4-11/h5-7,11,14H,1-4,9H2,(H,19,20)/t14-/m1/s1. The summed E-state index contributed by atoms with van der Waals surface area (Å²) in [7, 11) is -3.59. The van der Waals surface area contributed by atoms with E-state index >= 15 is 0 Å². The van der Waals surface area contributed by atoms with Gasteiger partial charge in [0.25, 0.3) is 0 Å². The number of nitriles is 1. The fourth-order valence-corrected chi connectivity index (χ4v) is 4.40. The lowest BCUT2D eigenvalue weighted by atomic mass is 10.1. The summed E-state index contributed by atoms with van der Waals surface area (Å²) in [6, 6.07) is 2.91. The van der Waals surface area contributed by atoms with Gasteiger partial charge in [-0.1, -0.05) is 18.9 Å². The number of hydrogen-bond donors (Lipinski definition) is 1. The van der Waals surface area contributed by atoms with E-state index in [1.807, 2.05) is 0 Å². The number of halogens is 2. The normalized spacial score (nSPS) is 16.7. The van der Waals surface area contributed by atoms with E-state index < -0.39 is 44.4 Å². The van der Waals surface area contributed by atoms with Crippen molar-refractivity contribution in [1.29, 1.82) is 5.26 Å². The van der Waals surface area contributed by atoms with Gasteiger partial charge in [-0.2, -0.15) is 5.26 Å². The molecule has 0 saturated heterocycles. The Hall–Kier alpha value is -2.01. The number of amides is 1. The molecule has 1 aliphatic rings. The molecule has 0 heterocycles. The van der Waals surface area contributed by atoms with E-state index in [4.69, 9.17) is 5.26 Å². The summed E-state index contributed by atoms with van der Waals surface area (Å²) < 4.78 is 50.7. The second-order valence-electron chi connectivity index (χ2n) is 5.51. The van der Waals surface area contributed by atoms with Crippen molar-refractivity contribution in [3.8, 4) is 6.07 Å². The van der Waals surface area contributed by atoms with Gasteiger partial charge in [-0.3, -0.25) is 4.79 Å². The predicted octanol–water partition coefficient (Wildman–Crippen LogP) is 2.00. The molecule has 1 amide bonds. The lowest BCUT2D eigenvalue weighted by Crippen LogP contribution is -2.36. The van der Waals surface area contributed by atoms with E-state index in [1.54, 1.807) is 6.07 Å². The Bertz CT molecular complexity index is 738. The highest BCUT2D eigenvalue weighted by Crippen LogP contribution is 2.25. The van der Waals surface area contributed by atoms with E-state index in [0.29, 0.717) is 18.9 Å². The van der Waals surface area contributed by atoms with Crippen LogP contribution in [0.25, 0.3) is 0 Å². The number of carbonyl (C=O) groups is 1. The summed E-state index contributed by atoms with van der Waals surface area (Å²) >= 11 is 0. The number of carbonyl (C=O) groups excluding carboxylic acids is 1. The van der Waals surface area contributed by atoms with Crippen molar-refractivity contribution in [3.63, 3.8) is 0 Å². The summed E-state index contributed by atoms with van der Waals surface area (Å²) in [5.41, 5.74) is -0.208. The molecule has 0 radical (unpaired) electrons. The maximum atomic E-state index is 13.7. The number of nitrogens with zero attached hydrogens (tertiary/aromatic N) is 1. The molecule has 0 aromatic heterocycles. The quantitative estimate of drug-likeness (QED) is 0.887. The Labute approximate surface area is 133 Å². The van der Waals surface area contributed by atoms with Crippen LogP contribution in [-0.4, -0.2) is 25.3 Å². The molecule has 0 aliphatic heterocycles. The van der Waals surface area contributed by atoms with Gasteiger partial charge in [0.2, 0.25) is 5.91 Å². The average Bonchev–Trinajstić information content (AvgIpc) is 3.00. The summed E-state index contributed by atoms with van der Waals surface area (Å²) in [4.78, 5) is 11.9. The van der Waals surface area contributed by atoms with E-state index in [0.717, 1.165) is 25.0 Å². The summed E-state index contributed by atoms with van der Waals surface area (Å²) in [5, 5.41) is 10.7. The van der Waals surface area contributed by atoms with Crippen LogP contribution in [0, 0.1) is 23.0 Å². The minimum atomic E-state index is -3.59. The van der Waals surface area contributed by atoms with Crippen molar-refractivity contribution in [2.45, 2.75) is 37.0 Å². The van der Waals surface area contributed by atoms with Gasteiger partial charge in [0.05, 0.1) is 11.3 Å². The topological polar surface area (TPSA) is 87.0 Å². The largest absolute Gasteiger partial charge is 0.336 e. The maximum Gasteiger partial charge on any atom is 0.236 e. The molecule has 1 aromatic carbocycles. The highest BCUT2D eigenvalue weighted by atomic mass is 32.2. The zero-order valence-corrected chi connectivity index (χ0v) is 13.1. The number of benzene rings is 1. The van der Waals surface area contributed by atoms with Crippen molar-refractivity contribution >= 4 is 15.7 Å². The lowest BCUT2D eigenvalue weighted by molar-refractivity contribution is -0.119. The first-order valence-corrected chi connectivity index (χ1v) is 8.90. The molecule has 0 spiro atoms. The van der Waals surface area contributed by atoms with Crippen LogP contribution < -0.4 is 5.32 Å². The van der Waals surface area contributed by atoms with Gasteiger partial charge in [-0.25, -0.2) is 17.2 Å². The fraction of sp³-hybridized carbons (Fsp3) is 0.467. The van der Waals surface area contributed by atoms with Crippen LogP contribution in [0.4, 0.5) is 8.78 Å². The average molecular weight is 342 g/mol. The Morgan fingerprint density at radius 1 is 1.35 bits per heavy atom. The number of sulfone groups is 1. The summed E-state index contributed by atoms with van der Waals surface area (Å²) in [5.74, 6) is -3.39.